The van der Waals surface area contributed by atoms with E-state index < -0.39 is 22.2 Å². The second kappa shape index (κ2) is 24.1. The van der Waals surface area contributed by atoms with E-state index in [1.54, 1.807) is 0 Å². The van der Waals surface area contributed by atoms with Crippen LogP contribution in [-0.2, 0) is 27.9 Å². The molecule has 1 saturated carbocycles. The van der Waals surface area contributed by atoms with Gasteiger partial charge < -0.3 is 23.1 Å². The Labute approximate surface area is 407 Å². The Hall–Kier alpha value is -3.90. The predicted molar refractivity (Wildman–Crippen MR) is 283 cm³/mol. The van der Waals surface area contributed by atoms with Gasteiger partial charge in [-0.3, -0.25) is 4.79 Å². The maximum absolute atomic E-state index is 12.0. The van der Waals surface area contributed by atoms with Crippen molar-refractivity contribution in [1.29, 1.82) is 0 Å². The van der Waals surface area contributed by atoms with Gasteiger partial charge >= 0.3 is 5.97 Å². The number of hydrogen-bond donors (Lipinski definition) is 0. The van der Waals surface area contributed by atoms with E-state index in [9.17, 15) is 4.79 Å². The maximum atomic E-state index is 12.0. The first-order valence-electron chi connectivity index (χ1n) is 25.5. The summed E-state index contributed by atoms with van der Waals surface area (Å²) in [6, 6.07) is 44.2. The number of allylic oxidation sites excluding steroid dienone is 2. The maximum Gasteiger partial charge on any atom is 0.305 e. The van der Waals surface area contributed by atoms with Crippen molar-refractivity contribution in [2.75, 3.05) is 13.7 Å². The fourth-order valence-corrected chi connectivity index (χ4v) is 20.5. The van der Waals surface area contributed by atoms with E-state index in [0.717, 1.165) is 77.2 Å². The Balaban J connectivity index is 1.50. The number of methoxy groups -OCH3 is 1. The number of rotatable bonds is 22. The Morgan fingerprint density at radius 1 is 0.687 bits per heavy atom. The number of carbonyl (C=O) groups excluding carboxylic acids is 1. The molecule has 0 aromatic heterocycles. The van der Waals surface area contributed by atoms with Crippen molar-refractivity contribution in [2.45, 2.75) is 167 Å². The third-order valence-corrected chi connectivity index (χ3v) is 24.6. The smallest absolute Gasteiger partial charge is 0.305 e. The molecule has 1 aliphatic carbocycles. The van der Waals surface area contributed by atoms with E-state index >= 15 is 0 Å². The first kappa shape index (κ1) is 52.5. The van der Waals surface area contributed by atoms with Crippen LogP contribution in [0.3, 0.4) is 0 Å². The Morgan fingerprint density at radius 3 is 1.70 bits per heavy atom. The third-order valence-electron chi connectivity index (χ3n) is 14.4. The van der Waals surface area contributed by atoms with Crippen LogP contribution in [0, 0.1) is 11.8 Å². The molecule has 1 heterocycles. The summed E-state index contributed by atoms with van der Waals surface area (Å²) in [6.07, 6.45) is 19.8. The average Bonchev–Trinajstić information content (AvgIpc) is 3.65. The third kappa shape index (κ3) is 12.9. The van der Waals surface area contributed by atoms with Gasteiger partial charge in [0.2, 0.25) is 0 Å². The molecule has 6 atom stereocenters. The van der Waals surface area contributed by atoms with Crippen LogP contribution in [0.2, 0.25) is 10.1 Å². The second-order valence-corrected chi connectivity index (χ2v) is 29.8. The zero-order valence-corrected chi connectivity index (χ0v) is 44.4. The van der Waals surface area contributed by atoms with Crippen LogP contribution in [0.1, 0.15) is 132 Å². The van der Waals surface area contributed by atoms with Crippen LogP contribution in [0.15, 0.2) is 146 Å². The summed E-state index contributed by atoms with van der Waals surface area (Å²) >= 11 is 0. The van der Waals surface area contributed by atoms with Crippen LogP contribution in [0.5, 0.6) is 0 Å². The fourth-order valence-electron chi connectivity index (χ4n) is 10.9. The molecule has 4 aromatic carbocycles. The summed E-state index contributed by atoms with van der Waals surface area (Å²) in [5.41, 5.74) is -0.586. The normalized spacial score (nSPS) is 21.7. The Bertz CT molecular complexity index is 2050. The zero-order valence-electron chi connectivity index (χ0n) is 42.4. The summed E-state index contributed by atoms with van der Waals surface area (Å²) < 4.78 is 34.8. The van der Waals surface area contributed by atoms with Gasteiger partial charge in [-0.2, -0.15) is 0 Å². The largest absolute Gasteiger partial charge is 0.469 e. The monoisotopic (exact) mass is 943 g/mol. The molecule has 0 radical (unpaired) electrons. The van der Waals surface area contributed by atoms with E-state index in [1.807, 2.05) is 0 Å². The Kier molecular flexibility index (Phi) is 18.9. The topological polar surface area (TPSA) is 63.2 Å². The molecule has 8 heteroatoms. The van der Waals surface area contributed by atoms with Gasteiger partial charge in [0.25, 0.3) is 16.6 Å². The number of ether oxygens (including phenoxy) is 3. The zero-order chi connectivity index (χ0) is 48.0. The summed E-state index contributed by atoms with van der Waals surface area (Å²) in [4.78, 5) is 12.0. The lowest BCUT2D eigenvalue weighted by Crippen LogP contribution is -2.69. The molecule has 2 unspecified atom stereocenters. The molecule has 1 saturated heterocycles. The SMILES string of the molecule is CCCCCC(C)(/C=C/[C@@H]1[C@@H](C/C=C/CCCC(=O)OC)[C@@H](O[Si](c2ccccc2)(c2ccccc2)C(C)(C)C)C[C@H]1OC1CCCCO1)O[Si](c1ccccc1)(c1ccccc1)C(C)(C)C. The van der Waals surface area contributed by atoms with Gasteiger partial charge in [0, 0.05) is 18.9 Å². The van der Waals surface area contributed by atoms with Crippen molar-refractivity contribution in [1.82, 2.24) is 0 Å². The van der Waals surface area contributed by atoms with Crippen LogP contribution in [0.4, 0.5) is 0 Å². The van der Waals surface area contributed by atoms with Crippen molar-refractivity contribution >= 4 is 43.4 Å². The standard InChI is InChI=1S/C59H82O6Si2/c1-10-11-29-43-59(8,65-67(58(5,6)7,49-35-22-16-23-36-49)50-37-24-17-25-38-50)44-42-52-51(39-26-12-13-27-40-55(60)61-9)54(46-53(52)63-56-41-28-30-45-62-56)64-66(57(2,3)4,47-31-18-14-19-32-47)48-33-20-15-21-34-48/h12,14-26,31-38,42,44,51-54,56H,10-11,13,27-30,39-41,43,45-46H2,1-9H3/b26-12+,44-42+/t51-,52-,53-,54+,56?,59?/m1/s1. The van der Waals surface area contributed by atoms with Gasteiger partial charge in [-0.25, -0.2) is 0 Å². The predicted octanol–water partition coefficient (Wildman–Crippen LogP) is 12.2. The molecule has 2 aliphatic rings. The molecule has 0 bridgehead atoms. The minimum atomic E-state index is -2.96. The number of unbranched alkanes of at least 4 members (excludes halogenated alkanes) is 3. The summed E-state index contributed by atoms with van der Waals surface area (Å²) in [5, 5.41) is 4.76. The van der Waals surface area contributed by atoms with Gasteiger partial charge in [0.15, 0.2) is 6.29 Å². The highest BCUT2D eigenvalue weighted by Gasteiger charge is 2.56. The summed E-state index contributed by atoms with van der Waals surface area (Å²) in [7, 11) is -4.44. The highest BCUT2D eigenvalue weighted by atomic mass is 28.4. The van der Waals surface area contributed by atoms with Gasteiger partial charge in [-0.05, 0) is 95.0 Å². The molecule has 6 rings (SSSR count). The van der Waals surface area contributed by atoms with Crippen molar-refractivity contribution < 1.29 is 27.9 Å². The van der Waals surface area contributed by atoms with E-state index in [0.29, 0.717) is 6.42 Å². The summed E-state index contributed by atoms with van der Waals surface area (Å²) in [6.45, 7) is 19.6. The van der Waals surface area contributed by atoms with Crippen LogP contribution >= 0.6 is 0 Å². The lowest BCUT2D eigenvalue weighted by Gasteiger charge is -2.48. The lowest BCUT2D eigenvalue weighted by atomic mass is 9.87. The van der Waals surface area contributed by atoms with Crippen LogP contribution < -0.4 is 20.7 Å². The van der Waals surface area contributed by atoms with E-state index in [2.05, 4.69) is 201 Å². The van der Waals surface area contributed by atoms with Crippen molar-refractivity contribution in [2.24, 2.45) is 11.8 Å². The number of hydrogen-bond acceptors (Lipinski definition) is 6. The Morgan fingerprint density at radius 2 is 1.22 bits per heavy atom. The summed E-state index contributed by atoms with van der Waals surface area (Å²) in [5.74, 6) is -0.0572. The number of carbonyl (C=O) groups is 1. The number of benzene rings is 4. The average molecular weight is 943 g/mol. The van der Waals surface area contributed by atoms with E-state index in [-0.39, 0.29) is 46.4 Å². The molecule has 362 valence electrons. The molecule has 0 spiro atoms. The molecule has 4 aromatic rings. The first-order valence-corrected chi connectivity index (χ1v) is 29.3. The molecule has 67 heavy (non-hydrogen) atoms. The van der Waals surface area contributed by atoms with Gasteiger partial charge in [0.05, 0.1) is 24.9 Å². The highest BCUT2D eigenvalue weighted by molar-refractivity contribution is 7.00. The van der Waals surface area contributed by atoms with Crippen molar-refractivity contribution in [3.8, 4) is 0 Å². The molecular weight excluding hydrogens is 861 g/mol. The van der Waals surface area contributed by atoms with Crippen LogP contribution in [0.25, 0.3) is 0 Å². The molecule has 6 nitrogen and oxygen atoms in total. The second-order valence-electron chi connectivity index (χ2n) is 21.3. The molecular formula is C59H82O6Si2. The first-order chi connectivity index (χ1) is 32.2. The van der Waals surface area contributed by atoms with Gasteiger partial charge in [-0.1, -0.05) is 213 Å². The highest BCUT2D eigenvalue weighted by Crippen LogP contribution is 2.47. The molecule has 1 aliphatic heterocycles. The van der Waals surface area contributed by atoms with Crippen molar-refractivity contribution in [3.05, 3.63) is 146 Å². The fraction of sp³-hybridized carbons (Fsp3) is 0.508. The van der Waals surface area contributed by atoms with Crippen molar-refractivity contribution in [3.63, 3.8) is 0 Å². The van der Waals surface area contributed by atoms with Gasteiger partial charge in [0.1, 0.15) is 0 Å². The molecule has 0 amide bonds. The van der Waals surface area contributed by atoms with Crippen LogP contribution in [-0.4, -0.2) is 60.4 Å². The van der Waals surface area contributed by atoms with E-state index in [4.69, 9.17) is 23.1 Å². The minimum Gasteiger partial charge on any atom is -0.469 e. The van der Waals surface area contributed by atoms with Gasteiger partial charge in [-0.15, -0.1) is 0 Å². The number of esters is 1. The lowest BCUT2D eigenvalue weighted by molar-refractivity contribution is -0.193. The quantitative estimate of drug-likeness (QED) is 0.0339. The van der Waals surface area contributed by atoms with E-state index in [1.165, 1.54) is 27.9 Å². The molecule has 2 fully saturated rings. The minimum absolute atomic E-state index is 0.0155. The molecule has 0 N–H and O–H groups in total.